The molecular weight excluding hydrogens is 384 g/mol. The molecule has 0 aromatic heterocycles. The van der Waals surface area contributed by atoms with Crippen LogP contribution >= 0.6 is 0 Å². The Morgan fingerprint density at radius 1 is 1.12 bits per heavy atom. The fraction of sp³-hybridized carbons (Fsp3) is 0.133. The van der Waals surface area contributed by atoms with Gasteiger partial charge in [-0.1, -0.05) is 12.1 Å². The van der Waals surface area contributed by atoms with Gasteiger partial charge < -0.3 is 4.74 Å². The molecular formula is C15H14N2O7S2. The summed E-state index contributed by atoms with van der Waals surface area (Å²) in [7, 11) is -8.19. The summed E-state index contributed by atoms with van der Waals surface area (Å²) in [6.07, 6.45) is 0. The highest BCUT2D eigenvalue weighted by atomic mass is 32.2. The van der Waals surface area contributed by atoms with Crippen LogP contribution in [0, 0.1) is 0 Å². The molecule has 1 amide bonds. The first kappa shape index (κ1) is 18.3. The van der Waals surface area contributed by atoms with Crippen LogP contribution in [0.4, 0.5) is 0 Å². The van der Waals surface area contributed by atoms with Crippen molar-refractivity contribution in [2.24, 2.45) is 0 Å². The number of sulfone groups is 1. The standard InChI is InChI=1S/C15H14N2O7S2/c1-9(15(18)16-19)17-26(22,23)10-6-7-12-14(8-10)25(20,21)13-5-3-2-4-11(13)24-12/h2-9,17,19H,1H3,(H,16,18)/t9-/m1/s1. The molecule has 0 saturated heterocycles. The summed E-state index contributed by atoms with van der Waals surface area (Å²) in [5, 5.41) is 8.56. The van der Waals surface area contributed by atoms with E-state index in [0.29, 0.717) is 0 Å². The van der Waals surface area contributed by atoms with Crippen LogP contribution in [0.1, 0.15) is 6.92 Å². The Morgan fingerprint density at radius 2 is 1.77 bits per heavy atom. The van der Waals surface area contributed by atoms with Crippen molar-refractivity contribution in [1.82, 2.24) is 10.2 Å². The van der Waals surface area contributed by atoms with Crippen molar-refractivity contribution in [3.05, 3.63) is 42.5 Å². The number of hydrogen-bond acceptors (Lipinski definition) is 7. The van der Waals surface area contributed by atoms with Crippen LogP contribution in [-0.4, -0.2) is 34.0 Å². The van der Waals surface area contributed by atoms with E-state index in [2.05, 4.69) is 0 Å². The fourth-order valence-corrected chi connectivity index (χ4v) is 5.22. The Kier molecular flexibility index (Phi) is 4.48. The van der Waals surface area contributed by atoms with Gasteiger partial charge in [0.05, 0.1) is 4.90 Å². The lowest BCUT2D eigenvalue weighted by Gasteiger charge is -2.21. The lowest BCUT2D eigenvalue weighted by atomic mass is 10.3. The van der Waals surface area contributed by atoms with E-state index in [-0.39, 0.29) is 26.2 Å². The number of sulfonamides is 1. The summed E-state index contributed by atoms with van der Waals surface area (Å²) in [6.45, 7) is 1.22. The van der Waals surface area contributed by atoms with E-state index < -0.39 is 31.8 Å². The number of ether oxygens (including phenoxy) is 1. The molecule has 0 spiro atoms. The quantitative estimate of drug-likeness (QED) is 0.436. The molecule has 0 radical (unpaired) electrons. The minimum Gasteiger partial charge on any atom is -0.455 e. The van der Waals surface area contributed by atoms with Gasteiger partial charge in [0.15, 0.2) is 0 Å². The average Bonchev–Trinajstić information content (AvgIpc) is 2.60. The predicted molar refractivity (Wildman–Crippen MR) is 88.1 cm³/mol. The summed E-state index contributed by atoms with van der Waals surface area (Å²) in [4.78, 5) is 10.6. The number of carbonyl (C=O) groups excluding carboxylic acids is 1. The third-order valence-electron chi connectivity index (χ3n) is 3.71. The minimum absolute atomic E-state index is 0.00352. The SMILES string of the molecule is C[C@@H](NS(=O)(=O)c1ccc2c(c1)S(=O)(=O)c1ccccc1O2)C(=O)NO. The van der Waals surface area contributed by atoms with Gasteiger partial charge in [-0.2, -0.15) is 4.72 Å². The molecule has 0 aliphatic carbocycles. The average molecular weight is 398 g/mol. The van der Waals surface area contributed by atoms with Crippen LogP contribution in [0.15, 0.2) is 57.2 Å². The second-order valence-electron chi connectivity index (χ2n) is 5.48. The third kappa shape index (κ3) is 3.05. The van der Waals surface area contributed by atoms with Gasteiger partial charge in [0.25, 0.3) is 5.91 Å². The molecule has 1 aliphatic heterocycles. The van der Waals surface area contributed by atoms with Gasteiger partial charge in [0.1, 0.15) is 27.3 Å². The molecule has 11 heteroatoms. The van der Waals surface area contributed by atoms with Crippen LogP contribution in [0.25, 0.3) is 0 Å². The molecule has 3 rings (SSSR count). The molecule has 1 atom stereocenters. The number of amides is 1. The van der Waals surface area contributed by atoms with Gasteiger partial charge in [-0.25, -0.2) is 22.3 Å². The van der Waals surface area contributed by atoms with Crippen LogP contribution < -0.4 is 14.9 Å². The zero-order valence-electron chi connectivity index (χ0n) is 13.3. The first-order chi connectivity index (χ1) is 12.2. The van der Waals surface area contributed by atoms with Crippen molar-refractivity contribution in [1.29, 1.82) is 0 Å². The molecule has 1 aliphatic rings. The first-order valence-electron chi connectivity index (χ1n) is 7.29. The van der Waals surface area contributed by atoms with Crippen molar-refractivity contribution in [3.63, 3.8) is 0 Å². The number of para-hydroxylation sites is 1. The van der Waals surface area contributed by atoms with E-state index in [0.717, 1.165) is 12.1 Å². The number of hydrogen-bond donors (Lipinski definition) is 3. The van der Waals surface area contributed by atoms with Crippen molar-refractivity contribution in [2.45, 2.75) is 27.7 Å². The Morgan fingerprint density at radius 3 is 2.46 bits per heavy atom. The van der Waals surface area contributed by atoms with E-state index in [1.54, 1.807) is 6.07 Å². The molecule has 2 aromatic rings. The number of hydroxylamine groups is 1. The van der Waals surface area contributed by atoms with E-state index in [1.807, 2.05) is 4.72 Å². The van der Waals surface area contributed by atoms with E-state index >= 15 is 0 Å². The normalized spacial score (nSPS) is 15.9. The second-order valence-corrected chi connectivity index (χ2v) is 9.08. The maximum atomic E-state index is 12.8. The van der Waals surface area contributed by atoms with Crippen molar-refractivity contribution >= 4 is 25.8 Å². The van der Waals surface area contributed by atoms with Crippen LogP contribution in [-0.2, 0) is 24.7 Å². The predicted octanol–water partition coefficient (Wildman–Crippen LogP) is 0.797. The van der Waals surface area contributed by atoms with Crippen molar-refractivity contribution < 1.29 is 31.6 Å². The number of rotatable bonds is 4. The molecule has 26 heavy (non-hydrogen) atoms. The Bertz CT molecular complexity index is 1090. The zero-order valence-corrected chi connectivity index (χ0v) is 15.0. The molecule has 1 heterocycles. The maximum absolute atomic E-state index is 12.8. The van der Waals surface area contributed by atoms with E-state index in [9.17, 15) is 21.6 Å². The summed E-state index contributed by atoms with van der Waals surface area (Å²) >= 11 is 0. The zero-order chi connectivity index (χ0) is 19.1. The minimum atomic E-state index is -4.22. The summed E-state index contributed by atoms with van der Waals surface area (Å²) in [6, 6.07) is 8.10. The number of benzene rings is 2. The van der Waals surface area contributed by atoms with Crippen molar-refractivity contribution in [2.75, 3.05) is 0 Å². The molecule has 0 bridgehead atoms. The topological polar surface area (TPSA) is 139 Å². The Balaban J connectivity index is 2.04. The molecule has 0 fully saturated rings. The number of nitrogens with one attached hydrogen (secondary N) is 2. The molecule has 0 saturated carbocycles. The van der Waals surface area contributed by atoms with E-state index in [1.165, 1.54) is 36.7 Å². The molecule has 9 nitrogen and oxygen atoms in total. The Labute approximate surface area is 149 Å². The van der Waals surface area contributed by atoms with Gasteiger partial charge in [-0.05, 0) is 37.3 Å². The highest BCUT2D eigenvalue weighted by Gasteiger charge is 2.33. The third-order valence-corrected chi connectivity index (χ3v) is 7.06. The number of fused-ring (bicyclic) bond motifs is 2. The summed E-state index contributed by atoms with van der Waals surface area (Å²) in [5.74, 6) is -0.804. The van der Waals surface area contributed by atoms with Gasteiger partial charge in [0, 0.05) is 0 Å². The number of carbonyl (C=O) groups is 1. The van der Waals surface area contributed by atoms with Gasteiger partial charge >= 0.3 is 0 Å². The molecule has 0 unspecified atom stereocenters. The maximum Gasteiger partial charge on any atom is 0.261 e. The monoisotopic (exact) mass is 398 g/mol. The van der Waals surface area contributed by atoms with Gasteiger partial charge in [-0.3, -0.25) is 10.0 Å². The van der Waals surface area contributed by atoms with Gasteiger partial charge in [-0.15, -0.1) is 0 Å². The van der Waals surface area contributed by atoms with E-state index in [4.69, 9.17) is 9.94 Å². The van der Waals surface area contributed by atoms with Crippen LogP contribution in [0.3, 0.4) is 0 Å². The molecule has 3 N–H and O–H groups in total. The molecule has 2 aromatic carbocycles. The summed E-state index contributed by atoms with van der Waals surface area (Å²) < 4.78 is 57.9. The van der Waals surface area contributed by atoms with Crippen LogP contribution in [0.2, 0.25) is 0 Å². The van der Waals surface area contributed by atoms with Crippen molar-refractivity contribution in [3.8, 4) is 11.5 Å². The smallest absolute Gasteiger partial charge is 0.261 e. The largest absolute Gasteiger partial charge is 0.455 e. The first-order valence-corrected chi connectivity index (χ1v) is 10.3. The fourth-order valence-electron chi connectivity index (χ4n) is 2.39. The van der Waals surface area contributed by atoms with Crippen LogP contribution in [0.5, 0.6) is 11.5 Å². The Hall–Kier alpha value is -2.47. The second kappa shape index (κ2) is 6.36. The lowest BCUT2D eigenvalue weighted by Crippen LogP contribution is -2.43. The molecule has 138 valence electrons. The van der Waals surface area contributed by atoms with Gasteiger partial charge in [0.2, 0.25) is 19.9 Å². The lowest BCUT2D eigenvalue weighted by molar-refractivity contribution is -0.130. The highest BCUT2D eigenvalue weighted by molar-refractivity contribution is 7.92. The summed E-state index contributed by atoms with van der Waals surface area (Å²) in [5.41, 5.74) is 1.33. The highest BCUT2D eigenvalue weighted by Crippen LogP contribution is 2.42.